The molecule has 7 rings (SSSR count). The molecule has 0 saturated carbocycles. The third kappa shape index (κ3) is 9.89. The van der Waals surface area contributed by atoms with Crippen molar-refractivity contribution >= 4 is 40.5 Å². The number of hydrazine groups is 1. The van der Waals surface area contributed by atoms with Crippen LogP contribution in [0.5, 0.6) is 5.75 Å². The van der Waals surface area contributed by atoms with Crippen molar-refractivity contribution in [3.05, 3.63) is 71.5 Å². The van der Waals surface area contributed by atoms with Gasteiger partial charge in [-0.2, -0.15) is 0 Å². The van der Waals surface area contributed by atoms with Crippen molar-refractivity contribution < 1.29 is 33.8 Å². The Morgan fingerprint density at radius 1 is 1.06 bits per heavy atom. The summed E-state index contributed by atoms with van der Waals surface area (Å²) in [5, 5.41) is 22.1. The van der Waals surface area contributed by atoms with Crippen LogP contribution in [0.4, 0.5) is 0 Å². The smallest absolute Gasteiger partial charge is 0.324 e. The van der Waals surface area contributed by atoms with Gasteiger partial charge in [-0.25, -0.2) is 5.43 Å². The molecule has 2 aromatic heterocycles. The third-order valence-corrected chi connectivity index (χ3v) is 12.3. The number of pyridine rings is 1. The SMILES string of the molecule is CCn1c(-c2cccnc2C(C)C)c2c3cc(ccc31)-c1cc(O)cc(c1)C[C@H](NC(=O)[C@H](C(C)C)N(C)C(=O)CNC(=O)[C@@H]1CN1)C(=O)N1CCC[C@H](N1)C(=O)OCC(C)(C)C2. The van der Waals surface area contributed by atoms with E-state index in [1.54, 1.807) is 26.0 Å². The Labute approximate surface area is 369 Å². The zero-order valence-corrected chi connectivity index (χ0v) is 37.7. The number of cyclic esters (lactones) is 1. The zero-order valence-electron chi connectivity index (χ0n) is 37.7. The minimum Gasteiger partial charge on any atom is -0.508 e. The highest BCUT2D eigenvalue weighted by Crippen LogP contribution is 2.42. The Kier molecular flexibility index (Phi) is 13.3. The number of amides is 4. The molecule has 336 valence electrons. The van der Waals surface area contributed by atoms with Gasteiger partial charge in [-0.3, -0.25) is 34.0 Å². The first-order chi connectivity index (χ1) is 30.0. The van der Waals surface area contributed by atoms with Gasteiger partial charge in [0.1, 0.15) is 23.9 Å². The maximum absolute atomic E-state index is 14.6. The molecule has 5 heterocycles. The maximum atomic E-state index is 14.6. The standard InChI is InChI=1S/C48H62N8O7/c1-9-55-39-15-14-30-22-34(39)35(43(55)33-12-10-16-49-41(33)27(2)3)23-48(6,7)26-63-47(62)36-13-11-17-56(53-36)46(61)37(20-29-18-31(30)21-32(57)19-29)52-45(60)42(28(4)5)54(8)40(58)25-51-44(59)38-24-50-38/h10,12,14-16,18-19,21-22,27-28,36-38,42,50,53,57H,9,11,13,17,20,23-26H2,1-8H3,(H,51,59)(H,52,60)/t36-,37-,38-,42-/m0/s1. The van der Waals surface area contributed by atoms with E-state index < -0.39 is 47.2 Å². The van der Waals surface area contributed by atoms with Crippen molar-refractivity contribution in [3.63, 3.8) is 0 Å². The molecule has 63 heavy (non-hydrogen) atoms. The number of benzene rings is 2. The van der Waals surface area contributed by atoms with Gasteiger partial charge >= 0.3 is 5.97 Å². The van der Waals surface area contributed by atoms with Crippen LogP contribution in [0.2, 0.25) is 0 Å². The summed E-state index contributed by atoms with van der Waals surface area (Å²) >= 11 is 0. The highest BCUT2D eigenvalue weighted by atomic mass is 16.5. The van der Waals surface area contributed by atoms with Crippen LogP contribution in [0.15, 0.2) is 54.7 Å². The van der Waals surface area contributed by atoms with Gasteiger partial charge < -0.3 is 35.3 Å². The zero-order chi connectivity index (χ0) is 45.3. The number of carbonyl (C=O) groups excluding carboxylic acids is 5. The van der Waals surface area contributed by atoms with E-state index in [2.05, 4.69) is 78.8 Å². The van der Waals surface area contributed by atoms with Gasteiger partial charge in [-0.05, 0) is 96.7 Å². The molecule has 15 nitrogen and oxygen atoms in total. The van der Waals surface area contributed by atoms with Gasteiger partial charge in [-0.1, -0.05) is 53.7 Å². The Bertz CT molecular complexity index is 2400. The van der Waals surface area contributed by atoms with Crippen LogP contribution in [0.25, 0.3) is 33.3 Å². The van der Waals surface area contributed by atoms with Crippen molar-refractivity contribution in [1.82, 2.24) is 40.8 Å². The number of ether oxygens (including phenoxy) is 1. The average Bonchev–Trinajstić information content (AvgIpc) is 4.06. The summed E-state index contributed by atoms with van der Waals surface area (Å²) in [6.45, 7) is 15.6. The number of aromatic hydroxyl groups is 1. The van der Waals surface area contributed by atoms with Crippen molar-refractivity contribution in [2.24, 2.45) is 11.3 Å². The Balaban J connectivity index is 1.31. The van der Waals surface area contributed by atoms with Crippen LogP contribution in [-0.2, 0) is 48.1 Å². The molecule has 6 bridgehead atoms. The molecule has 2 fully saturated rings. The second-order valence-electron chi connectivity index (χ2n) is 18.7. The quantitative estimate of drug-likeness (QED) is 0.112. The molecule has 0 spiro atoms. The molecule has 3 aliphatic heterocycles. The summed E-state index contributed by atoms with van der Waals surface area (Å²) in [7, 11) is 1.50. The molecule has 0 unspecified atom stereocenters. The number of likely N-dealkylation sites (N-methyl/N-ethyl adjacent to an activating group) is 1. The Hall–Kier alpha value is -5.80. The Morgan fingerprint density at radius 3 is 2.52 bits per heavy atom. The Morgan fingerprint density at radius 2 is 1.83 bits per heavy atom. The third-order valence-electron chi connectivity index (χ3n) is 12.3. The van der Waals surface area contributed by atoms with E-state index in [9.17, 15) is 29.1 Å². The fraction of sp³-hybridized carbons (Fsp3) is 0.500. The van der Waals surface area contributed by atoms with Crippen LogP contribution >= 0.6 is 0 Å². The van der Waals surface area contributed by atoms with Crippen LogP contribution in [0.1, 0.15) is 84.0 Å². The predicted octanol–water partition coefficient (Wildman–Crippen LogP) is 4.44. The van der Waals surface area contributed by atoms with E-state index in [0.717, 1.165) is 44.5 Å². The summed E-state index contributed by atoms with van der Waals surface area (Å²) in [5.41, 5.74) is 10.0. The second kappa shape index (κ2) is 18.5. The van der Waals surface area contributed by atoms with Crippen molar-refractivity contribution in [3.8, 4) is 28.1 Å². The molecule has 0 aliphatic carbocycles. The molecule has 5 N–H and O–H groups in total. The normalized spacial score (nSPS) is 20.5. The largest absolute Gasteiger partial charge is 0.508 e. The van der Waals surface area contributed by atoms with Crippen molar-refractivity contribution in [2.75, 3.05) is 33.3 Å². The number of nitrogens with zero attached hydrogens (tertiary/aromatic N) is 4. The summed E-state index contributed by atoms with van der Waals surface area (Å²) in [6.07, 6.45) is 3.35. The first-order valence-corrected chi connectivity index (χ1v) is 22.2. The van der Waals surface area contributed by atoms with Gasteiger partial charge in [-0.15, -0.1) is 0 Å². The lowest BCUT2D eigenvalue weighted by Gasteiger charge is -2.36. The lowest BCUT2D eigenvalue weighted by atomic mass is 9.83. The van der Waals surface area contributed by atoms with Crippen LogP contribution in [0, 0.1) is 11.3 Å². The predicted molar refractivity (Wildman–Crippen MR) is 240 cm³/mol. The van der Waals surface area contributed by atoms with E-state index in [1.807, 2.05) is 24.4 Å². The maximum Gasteiger partial charge on any atom is 0.324 e. The van der Waals surface area contributed by atoms with E-state index in [-0.39, 0.29) is 55.7 Å². The average molecular weight is 863 g/mol. The summed E-state index contributed by atoms with van der Waals surface area (Å²) in [5.74, 6) is -2.47. The van der Waals surface area contributed by atoms with Crippen LogP contribution < -0.4 is 21.4 Å². The molecule has 4 atom stereocenters. The molecular weight excluding hydrogens is 801 g/mol. The summed E-state index contributed by atoms with van der Waals surface area (Å²) < 4.78 is 8.41. The second-order valence-corrected chi connectivity index (χ2v) is 18.7. The van der Waals surface area contributed by atoms with E-state index in [1.165, 1.54) is 17.0 Å². The topological polar surface area (TPSA) is 197 Å². The number of nitrogens with one attached hydrogen (secondary N) is 4. The number of carbonyl (C=O) groups is 5. The first kappa shape index (κ1) is 45.2. The summed E-state index contributed by atoms with van der Waals surface area (Å²) in [6, 6.07) is 12.3. The molecule has 15 heteroatoms. The van der Waals surface area contributed by atoms with E-state index in [0.29, 0.717) is 37.9 Å². The highest BCUT2D eigenvalue weighted by molar-refractivity contribution is 5.96. The number of phenols is 1. The molecule has 4 amide bonds. The van der Waals surface area contributed by atoms with Gasteiger partial charge in [0.25, 0.3) is 5.91 Å². The van der Waals surface area contributed by atoms with Gasteiger partial charge in [0.05, 0.1) is 30.6 Å². The highest BCUT2D eigenvalue weighted by Gasteiger charge is 2.38. The summed E-state index contributed by atoms with van der Waals surface area (Å²) in [4.78, 5) is 74.5. The van der Waals surface area contributed by atoms with Crippen molar-refractivity contribution in [1.29, 1.82) is 0 Å². The molecule has 4 aromatic rings. The number of hydrogen-bond donors (Lipinski definition) is 5. The monoisotopic (exact) mass is 862 g/mol. The molecular formula is C48H62N8O7. The molecule has 2 saturated heterocycles. The van der Waals surface area contributed by atoms with E-state index in [4.69, 9.17) is 9.72 Å². The number of fused-ring (bicyclic) bond motifs is 6. The van der Waals surface area contributed by atoms with Gasteiger partial charge in [0.15, 0.2) is 0 Å². The number of phenolic OH excluding ortho intramolecular Hbond substituents is 1. The van der Waals surface area contributed by atoms with Gasteiger partial charge in [0, 0.05) is 61.2 Å². The lowest BCUT2D eigenvalue weighted by Crippen LogP contribution is -2.62. The fourth-order valence-corrected chi connectivity index (χ4v) is 9.08. The molecule has 3 aliphatic rings. The molecule has 0 radical (unpaired) electrons. The lowest BCUT2D eigenvalue weighted by molar-refractivity contribution is -0.155. The number of aromatic nitrogens is 2. The first-order valence-electron chi connectivity index (χ1n) is 22.2. The number of aryl methyl sites for hydroxylation is 1. The van der Waals surface area contributed by atoms with Crippen LogP contribution in [-0.4, -0.2) is 112 Å². The van der Waals surface area contributed by atoms with Gasteiger partial charge in [0.2, 0.25) is 17.7 Å². The minimum atomic E-state index is -1.16. The minimum absolute atomic E-state index is 0.00706. The van der Waals surface area contributed by atoms with Crippen LogP contribution in [0.3, 0.4) is 0 Å². The van der Waals surface area contributed by atoms with Crippen molar-refractivity contribution in [2.45, 2.75) is 111 Å². The van der Waals surface area contributed by atoms with E-state index >= 15 is 0 Å². The fourth-order valence-electron chi connectivity index (χ4n) is 9.08. The number of rotatable bonds is 10. The number of hydrogen-bond acceptors (Lipinski definition) is 10. The molecule has 2 aromatic carbocycles. The number of esters is 1.